The van der Waals surface area contributed by atoms with Crippen molar-refractivity contribution >= 4 is 17.3 Å². The van der Waals surface area contributed by atoms with Gasteiger partial charge in [-0.15, -0.1) is 0 Å². The average Bonchev–Trinajstić information content (AvgIpc) is 3.11. The molecule has 1 saturated heterocycles. The van der Waals surface area contributed by atoms with Crippen LogP contribution < -0.4 is 15.0 Å². The van der Waals surface area contributed by atoms with Gasteiger partial charge in [0.2, 0.25) is 0 Å². The number of carbonyl (C=O) groups is 1. The van der Waals surface area contributed by atoms with Gasteiger partial charge in [0.1, 0.15) is 5.75 Å². The highest BCUT2D eigenvalue weighted by Gasteiger charge is 2.22. The molecule has 1 N–H and O–H groups in total. The number of hydrogen-bond donors (Lipinski definition) is 1. The molecule has 0 radical (unpaired) electrons. The maximum Gasteiger partial charge on any atom is 0.255 e. The number of nitrogens with zero attached hydrogens (tertiary/aromatic N) is 1. The second kappa shape index (κ2) is 7.36. The van der Waals surface area contributed by atoms with Gasteiger partial charge in [-0.3, -0.25) is 4.79 Å². The topological polar surface area (TPSA) is 50.8 Å². The molecule has 1 aliphatic rings. The van der Waals surface area contributed by atoms with E-state index in [1.807, 2.05) is 30.3 Å². The highest BCUT2D eigenvalue weighted by Crippen LogP contribution is 2.23. The molecule has 1 aliphatic heterocycles. The van der Waals surface area contributed by atoms with E-state index >= 15 is 0 Å². The van der Waals surface area contributed by atoms with Gasteiger partial charge in [-0.1, -0.05) is 6.07 Å². The van der Waals surface area contributed by atoms with Gasteiger partial charge in [-0.05, 0) is 48.9 Å². The molecule has 0 saturated carbocycles. The first-order valence-corrected chi connectivity index (χ1v) is 8.03. The van der Waals surface area contributed by atoms with Crippen LogP contribution in [0.5, 0.6) is 5.75 Å². The summed E-state index contributed by atoms with van der Waals surface area (Å²) >= 11 is 0. The number of benzene rings is 2. The van der Waals surface area contributed by atoms with Crippen molar-refractivity contribution in [3.63, 3.8) is 0 Å². The zero-order valence-electron chi connectivity index (χ0n) is 14.0. The van der Waals surface area contributed by atoms with Crippen LogP contribution in [0.2, 0.25) is 0 Å². The molecule has 1 amide bonds. The molecule has 1 fully saturated rings. The normalized spacial score (nSPS) is 16.9. The third kappa shape index (κ3) is 3.68. The van der Waals surface area contributed by atoms with Crippen LogP contribution in [0.1, 0.15) is 16.8 Å². The monoisotopic (exact) mass is 326 g/mol. The van der Waals surface area contributed by atoms with Crippen molar-refractivity contribution in [3.8, 4) is 5.75 Å². The number of amides is 1. The maximum absolute atomic E-state index is 12.3. The minimum Gasteiger partial charge on any atom is -0.497 e. The molecule has 0 spiro atoms. The fraction of sp³-hybridized carbons (Fsp3) is 0.316. The summed E-state index contributed by atoms with van der Waals surface area (Å²) in [5.41, 5.74) is 2.49. The minimum absolute atomic E-state index is 0.151. The van der Waals surface area contributed by atoms with Gasteiger partial charge in [0.25, 0.3) is 5.91 Å². The summed E-state index contributed by atoms with van der Waals surface area (Å²) in [7, 11) is 3.34. The number of anilines is 2. The molecular formula is C19H22N2O3. The predicted molar refractivity (Wildman–Crippen MR) is 95.0 cm³/mol. The Balaban J connectivity index is 1.64. The summed E-state index contributed by atoms with van der Waals surface area (Å²) < 4.78 is 10.5. The van der Waals surface area contributed by atoms with Crippen molar-refractivity contribution in [2.24, 2.45) is 0 Å². The number of nitrogens with one attached hydrogen (secondary N) is 1. The summed E-state index contributed by atoms with van der Waals surface area (Å²) in [5.74, 6) is 0.516. The molecule has 1 atom stereocenters. The van der Waals surface area contributed by atoms with E-state index in [1.54, 1.807) is 32.4 Å². The first-order valence-electron chi connectivity index (χ1n) is 8.03. The molecule has 2 aromatic rings. The van der Waals surface area contributed by atoms with Gasteiger partial charge in [-0.2, -0.15) is 0 Å². The van der Waals surface area contributed by atoms with Crippen LogP contribution in [0.15, 0.2) is 48.5 Å². The van der Waals surface area contributed by atoms with Crippen LogP contribution in [0.4, 0.5) is 11.4 Å². The minimum atomic E-state index is -0.151. The van der Waals surface area contributed by atoms with E-state index in [2.05, 4.69) is 10.2 Å². The van der Waals surface area contributed by atoms with Crippen molar-refractivity contribution in [3.05, 3.63) is 54.1 Å². The molecule has 1 heterocycles. The molecule has 0 aliphatic carbocycles. The quantitative estimate of drug-likeness (QED) is 0.917. The van der Waals surface area contributed by atoms with Crippen molar-refractivity contribution in [1.82, 2.24) is 0 Å². The van der Waals surface area contributed by atoms with Gasteiger partial charge in [0.05, 0.1) is 13.2 Å². The van der Waals surface area contributed by atoms with E-state index in [0.29, 0.717) is 17.4 Å². The van der Waals surface area contributed by atoms with Crippen LogP contribution in [0.3, 0.4) is 0 Å². The van der Waals surface area contributed by atoms with Crippen LogP contribution in [0.25, 0.3) is 0 Å². The molecule has 5 nitrogen and oxygen atoms in total. The summed E-state index contributed by atoms with van der Waals surface area (Å²) in [5, 5.41) is 2.91. The number of hydrogen-bond acceptors (Lipinski definition) is 4. The Kier molecular flexibility index (Phi) is 5.01. The molecule has 3 rings (SSSR count). The number of methoxy groups -OCH3 is 2. The maximum atomic E-state index is 12.3. The SMILES string of the molecule is COc1cccc(C(=O)Nc2ccc(N3CCC(OC)C3)cc2)c1. The number of ether oxygens (including phenoxy) is 2. The van der Waals surface area contributed by atoms with E-state index in [0.717, 1.165) is 30.9 Å². The standard InChI is InChI=1S/C19H22N2O3/c1-23-17-5-3-4-14(12-17)19(22)20-15-6-8-16(9-7-15)21-11-10-18(13-21)24-2/h3-9,12,18H,10-11,13H2,1-2H3,(H,20,22). The molecule has 5 heteroatoms. The van der Waals surface area contributed by atoms with Crippen LogP contribution in [-0.2, 0) is 4.74 Å². The Labute approximate surface area is 142 Å². The summed E-state index contributed by atoms with van der Waals surface area (Å²) in [6.07, 6.45) is 1.35. The Morgan fingerprint density at radius 3 is 2.62 bits per heavy atom. The highest BCUT2D eigenvalue weighted by molar-refractivity contribution is 6.04. The largest absolute Gasteiger partial charge is 0.497 e. The number of carbonyl (C=O) groups excluding carboxylic acids is 1. The Bertz CT molecular complexity index is 700. The fourth-order valence-corrected chi connectivity index (χ4v) is 2.88. The second-order valence-electron chi connectivity index (χ2n) is 5.83. The van der Waals surface area contributed by atoms with Gasteiger partial charge in [-0.25, -0.2) is 0 Å². The first-order chi connectivity index (χ1) is 11.7. The lowest BCUT2D eigenvalue weighted by atomic mass is 10.2. The van der Waals surface area contributed by atoms with Crippen molar-refractivity contribution in [2.45, 2.75) is 12.5 Å². The van der Waals surface area contributed by atoms with Crippen molar-refractivity contribution < 1.29 is 14.3 Å². The Morgan fingerprint density at radius 2 is 1.96 bits per heavy atom. The van der Waals surface area contributed by atoms with E-state index in [-0.39, 0.29) is 5.91 Å². The summed E-state index contributed by atoms with van der Waals surface area (Å²) in [4.78, 5) is 14.6. The van der Waals surface area contributed by atoms with E-state index in [9.17, 15) is 4.79 Å². The van der Waals surface area contributed by atoms with Crippen molar-refractivity contribution in [1.29, 1.82) is 0 Å². The predicted octanol–water partition coefficient (Wildman–Crippen LogP) is 3.17. The highest BCUT2D eigenvalue weighted by atomic mass is 16.5. The van der Waals surface area contributed by atoms with Crippen LogP contribution in [0, 0.1) is 0 Å². The van der Waals surface area contributed by atoms with Gasteiger partial charge >= 0.3 is 0 Å². The molecule has 0 bridgehead atoms. The third-order valence-corrected chi connectivity index (χ3v) is 4.30. The first kappa shape index (κ1) is 16.3. The van der Waals surface area contributed by atoms with Crippen LogP contribution in [-0.4, -0.2) is 39.3 Å². The molecule has 2 aromatic carbocycles. The molecule has 0 aromatic heterocycles. The lowest BCUT2D eigenvalue weighted by Gasteiger charge is -2.18. The average molecular weight is 326 g/mol. The molecule has 24 heavy (non-hydrogen) atoms. The molecule has 126 valence electrons. The van der Waals surface area contributed by atoms with E-state index in [1.165, 1.54) is 0 Å². The lowest BCUT2D eigenvalue weighted by Crippen LogP contribution is -2.22. The van der Waals surface area contributed by atoms with Gasteiger partial charge in [0, 0.05) is 37.1 Å². The van der Waals surface area contributed by atoms with Crippen LogP contribution >= 0.6 is 0 Å². The Morgan fingerprint density at radius 1 is 1.17 bits per heavy atom. The molecule has 1 unspecified atom stereocenters. The van der Waals surface area contributed by atoms with Crippen molar-refractivity contribution in [2.75, 3.05) is 37.5 Å². The van der Waals surface area contributed by atoms with E-state index in [4.69, 9.17) is 9.47 Å². The molecular weight excluding hydrogens is 304 g/mol. The third-order valence-electron chi connectivity index (χ3n) is 4.30. The smallest absolute Gasteiger partial charge is 0.255 e. The zero-order chi connectivity index (χ0) is 16.9. The zero-order valence-corrected chi connectivity index (χ0v) is 14.0. The van der Waals surface area contributed by atoms with Gasteiger partial charge < -0.3 is 19.7 Å². The number of rotatable bonds is 5. The fourth-order valence-electron chi connectivity index (χ4n) is 2.88. The lowest BCUT2D eigenvalue weighted by molar-refractivity contribution is 0.102. The summed E-state index contributed by atoms with van der Waals surface area (Å²) in [6, 6.07) is 15.0. The Hall–Kier alpha value is -2.53. The summed E-state index contributed by atoms with van der Waals surface area (Å²) in [6.45, 7) is 1.90. The van der Waals surface area contributed by atoms with E-state index < -0.39 is 0 Å². The van der Waals surface area contributed by atoms with Gasteiger partial charge in [0.15, 0.2) is 0 Å². The second-order valence-corrected chi connectivity index (χ2v) is 5.83.